The first kappa shape index (κ1) is 25.1. The van der Waals surface area contributed by atoms with Gasteiger partial charge < -0.3 is 0 Å². The van der Waals surface area contributed by atoms with Gasteiger partial charge >= 0.3 is 17.1 Å². The molecule has 0 atom stereocenters. The van der Waals surface area contributed by atoms with E-state index < -0.39 is 7.92 Å². The topological polar surface area (TPSA) is 12.9 Å². The minimum Gasteiger partial charge on any atom is -0.260 e. The Balaban J connectivity index is 0.000000407. The van der Waals surface area contributed by atoms with Crippen LogP contribution < -0.4 is 10.6 Å². The molecule has 10 radical (unpaired) electrons. The standard InChI is InChI=1S/C26H19NP.C5H5.Fe/c1-3-11-21(12-4-1)28(22-13-5-2-6-14-22)25-17-9-16-24(25)26-23-15-8-7-10-20(23)18-19-27-26;1-2-4-5-3-1;/h1-19H;1-5H;/q;;+2. The molecule has 1 nitrogen and oxygen atoms in total. The second kappa shape index (κ2) is 12.6. The first-order valence-electron chi connectivity index (χ1n) is 11.1. The number of aromatic nitrogens is 1. The van der Waals surface area contributed by atoms with Gasteiger partial charge in [-0.3, -0.25) is 4.98 Å². The van der Waals surface area contributed by atoms with Crippen LogP contribution in [0.4, 0.5) is 0 Å². The summed E-state index contributed by atoms with van der Waals surface area (Å²) in [4.78, 5) is 4.79. The molecule has 0 bridgehead atoms. The monoisotopic (exact) mass is 497 g/mol. The smallest absolute Gasteiger partial charge is 0.260 e. The second-order valence-electron chi connectivity index (χ2n) is 7.67. The molecular formula is C31H24FeNP+2. The van der Waals surface area contributed by atoms with E-state index in [1.54, 1.807) is 0 Å². The summed E-state index contributed by atoms with van der Waals surface area (Å²) >= 11 is 0. The minimum atomic E-state index is -0.649. The van der Waals surface area contributed by atoms with Crippen LogP contribution in [0.1, 0.15) is 5.69 Å². The largest absolute Gasteiger partial charge is 2.00 e. The van der Waals surface area contributed by atoms with Crippen LogP contribution in [0.15, 0.2) is 97.2 Å². The van der Waals surface area contributed by atoms with E-state index in [1.165, 1.54) is 33.0 Å². The van der Waals surface area contributed by atoms with Gasteiger partial charge in [0.2, 0.25) is 0 Å². The van der Waals surface area contributed by atoms with E-state index in [4.69, 9.17) is 4.98 Å². The molecule has 1 heterocycles. The maximum atomic E-state index is 4.79. The fourth-order valence-electron chi connectivity index (χ4n) is 4.04. The first-order valence-corrected chi connectivity index (χ1v) is 12.4. The molecule has 1 aromatic heterocycles. The van der Waals surface area contributed by atoms with Crippen molar-refractivity contribution in [2.24, 2.45) is 0 Å². The maximum Gasteiger partial charge on any atom is 2.00 e. The van der Waals surface area contributed by atoms with Crippen molar-refractivity contribution in [3.63, 3.8) is 0 Å². The summed E-state index contributed by atoms with van der Waals surface area (Å²) in [6, 6.07) is 32.2. The average molecular weight is 497 g/mol. The number of nitrogens with zero attached hydrogens (tertiary/aromatic N) is 1. The van der Waals surface area contributed by atoms with Crippen LogP contribution in [0.2, 0.25) is 0 Å². The average Bonchev–Trinajstić information content (AvgIpc) is 3.61. The molecule has 6 rings (SSSR count). The number of pyridine rings is 1. The van der Waals surface area contributed by atoms with Crippen molar-refractivity contribution < 1.29 is 17.1 Å². The van der Waals surface area contributed by atoms with Gasteiger partial charge in [0.1, 0.15) is 0 Å². The van der Waals surface area contributed by atoms with Crippen LogP contribution >= 0.6 is 7.92 Å². The van der Waals surface area contributed by atoms with E-state index in [9.17, 15) is 0 Å². The van der Waals surface area contributed by atoms with Crippen molar-refractivity contribution >= 4 is 29.3 Å². The van der Waals surface area contributed by atoms with Crippen molar-refractivity contribution in [2.75, 3.05) is 0 Å². The molecule has 3 aromatic carbocycles. The van der Waals surface area contributed by atoms with Gasteiger partial charge in [-0.2, -0.15) is 0 Å². The molecule has 34 heavy (non-hydrogen) atoms. The Labute approximate surface area is 216 Å². The summed E-state index contributed by atoms with van der Waals surface area (Å²) in [5, 5.41) is 5.14. The third kappa shape index (κ3) is 5.80. The zero-order chi connectivity index (χ0) is 22.3. The second-order valence-corrected chi connectivity index (χ2v) is 9.86. The maximum absolute atomic E-state index is 4.79. The molecule has 2 saturated carbocycles. The van der Waals surface area contributed by atoms with Crippen LogP contribution in [-0.2, 0) is 17.1 Å². The van der Waals surface area contributed by atoms with E-state index in [0.29, 0.717) is 0 Å². The van der Waals surface area contributed by atoms with Crippen molar-refractivity contribution in [3.05, 3.63) is 166 Å². The molecule has 0 N–H and O–H groups in total. The Hall–Kier alpha value is -1.98. The quantitative estimate of drug-likeness (QED) is 0.233. The first-order chi connectivity index (χ1) is 16.4. The summed E-state index contributed by atoms with van der Waals surface area (Å²) < 4.78 is 0. The van der Waals surface area contributed by atoms with Gasteiger partial charge in [-0.1, -0.05) is 84.9 Å². The van der Waals surface area contributed by atoms with Crippen LogP contribution in [0.3, 0.4) is 0 Å². The molecule has 4 aromatic rings. The predicted molar refractivity (Wildman–Crippen MR) is 141 cm³/mol. The van der Waals surface area contributed by atoms with Gasteiger partial charge in [-0.25, -0.2) is 0 Å². The Morgan fingerprint density at radius 2 is 1.09 bits per heavy atom. The van der Waals surface area contributed by atoms with Crippen LogP contribution in [0, 0.1) is 62.9 Å². The summed E-state index contributed by atoms with van der Waals surface area (Å²) in [5.41, 5.74) is 2.42. The molecule has 0 aliphatic heterocycles. The Kier molecular flexibility index (Phi) is 9.34. The molecule has 0 spiro atoms. The van der Waals surface area contributed by atoms with Crippen molar-refractivity contribution in [1.29, 1.82) is 0 Å². The molecular weight excluding hydrogens is 473 g/mol. The number of rotatable bonds is 4. The van der Waals surface area contributed by atoms with E-state index in [-0.39, 0.29) is 17.1 Å². The van der Waals surface area contributed by atoms with Gasteiger partial charge in [0.25, 0.3) is 0 Å². The van der Waals surface area contributed by atoms with Crippen molar-refractivity contribution in [2.45, 2.75) is 0 Å². The van der Waals surface area contributed by atoms with Crippen molar-refractivity contribution in [1.82, 2.24) is 4.98 Å². The predicted octanol–water partition coefficient (Wildman–Crippen LogP) is 6.47. The van der Waals surface area contributed by atoms with Gasteiger partial charge in [-0.15, -0.1) is 0 Å². The van der Waals surface area contributed by atoms with Crippen LogP contribution in [0.25, 0.3) is 10.8 Å². The minimum absolute atomic E-state index is 0. The van der Waals surface area contributed by atoms with Gasteiger partial charge in [0.15, 0.2) is 0 Å². The van der Waals surface area contributed by atoms with Crippen LogP contribution in [0.5, 0.6) is 0 Å². The van der Waals surface area contributed by atoms with E-state index >= 15 is 0 Å². The molecule has 3 heteroatoms. The molecule has 0 saturated heterocycles. The molecule has 2 aliphatic carbocycles. The Morgan fingerprint density at radius 1 is 0.529 bits per heavy atom. The Morgan fingerprint density at radius 3 is 1.71 bits per heavy atom. The molecule has 2 fully saturated rings. The zero-order valence-electron chi connectivity index (χ0n) is 18.6. The van der Waals surface area contributed by atoms with Crippen molar-refractivity contribution in [3.8, 4) is 0 Å². The number of hydrogen-bond donors (Lipinski definition) is 0. The fraction of sp³-hybridized carbons (Fsp3) is 0. The molecule has 0 amide bonds. The van der Waals surface area contributed by atoms with Gasteiger partial charge in [0, 0.05) is 23.2 Å². The SMILES string of the molecule is [CH]1[CH][CH][CH][CH]1.[CH]1[CH][C](c2nccc3ccccc23)[C](P(c2ccccc2)c2ccccc2)[CH]1.[Fe+2]. The van der Waals surface area contributed by atoms with Gasteiger partial charge in [-0.05, 0) is 81.3 Å². The van der Waals surface area contributed by atoms with E-state index in [1.807, 2.05) is 38.3 Å². The zero-order valence-corrected chi connectivity index (χ0v) is 20.6. The van der Waals surface area contributed by atoms with E-state index in [2.05, 4.69) is 110 Å². The fourth-order valence-corrected chi connectivity index (χ4v) is 6.49. The van der Waals surface area contributed by atoms with Crippen LogP contribution in [-0.4, -0.2) is 4.98 Å². The number of hydrogen-bond acceptors (Lipinski definition) is 1. The molecule has 2 aliphatic rings. The third-order valence-electron chi connectivity index (χ3n) is 5.55. The Bertz CT molecular complexity index is 1090. The normalized spacial score (nSPS) is 16.3. The summed E-state index contributed by atoms with van der Waals surface area (Å²) in [6.07, 6.45) is 18.6. The number of fused-ring (bicyclic) bond motifs is 1. The number of benzene rings is 3. The third-order valence-corrected chi connectivity index (χ3v) is 8.05. The van der Waals surface area contributed by atoms with E-state index in [0.717, 1.165) is 5.69 Å². The molecule has 164 valence electrons. The molecule has 0 unspecified atom stereocenters. The summed E-state index contributed by atoms with van der Waals surface area (Å²) in [5.74, 6) is 1.23. The summed E-state index contributed by atoms with van der Waals surface area (Å²) in [6.45, 7) is 0. The van der Waals surface area contributed by atoms with Gasteiger partial charge in [0.05, 0.1) is 5.69 Å². The summed E-state index contributed by atoms with van der Waals surface area (Å²) in [7, 11) is -0.649.